The Morgan fingerprint density at radius 2 is 0.515 bits per heavy atom. The first kappa shape index (κ1) is 43.0. The highest BCUT2D eigenvalue weighted by atomic mass is 28.3. The van der Waals surface area contributed by atoms with E-state index in [0.29, 0.717) is 0 Å². The summed E-state index contributed by atoms with van der Waals surface area (Å²) in [4.78, 5) is 0. The fourth-order valence-electron chi connectivity index (χ4n) is 11.2. The van der Waals surface area contributed by atoms with Crippen molar-refractivity contribution >= 4 is 79.2 Å². The summed E-state index contributed by atoms with van der Waals surface area (Å²) in [5.41, 5.74) is 6.29. The van der Waals surface area contributed by atoms with Crippen LogP contribution in [0.1, 0.15) is 26.3 Å². The maximum Gasteiger partial charge on any atom is 0.179 e. The largest absolute Gasteiger partial charge is 0.179 e. The van der Waals surface area contributed by atoms with Gasteiger partial charge < -0.3 is 0 Å². The molecule has 0 saturated carbocycles. The first-order chi connectivity index (χ1) is 33.4. The zero-order valence-corrected chi connectivity index (χ0v) is 41.0. The van der Waals surface area contributed by atoms with Crippen LogP contribution in [0.2, 0.25) is 0 Å². The smallest absolute Gasteiger partial charge is 0.0623 e. The lowest BCUT2D eigenvalue weighted by molar-refractivity contribution is 0.591. The van der Waals surface area contributed by atoms with Gasteiger partial charge in [0.2, 0.25) is 0 Å². The molecule has 68 heavy (non-hydrogen) atoms. The van der Waals surface area contributed by atoms with E-state index in [2.05, 4.69) is 294 Å². The van der Waals surface area contributed by atoms with Crippen LogP contribution < -0.4 is 41.5 Å². The fraction of sp³-hybridized carbons (Fsp3) is 0.0606. The van der Waals surface area contributed by atoms with Crippen molar-refractivity contribution in [3.05, 3.63) is 279 Å². The van der Waals surface area contributed by atoms with E-state index in [9.17, 15) is 0 Å². The summed E-state index contributed by atoms with van der Waals surface area (Å²) < 4.78 is 0. The van der Waals surface area contributed by atoms with Crippen molar-refractivity contribution in [3.8, 4) is 22.3 Å². The van der Waals surface area contributed by atoms with Crippen LogP contribution in [0.25, 0.3) is 43.8 Å². The highest BCUT2D eigenvalue weighted by molar-refractivity contribution is 7.20. The molecular formula is C66H54Si2. The van der Waals surface area contributed by atoms with Gasteiger partial charge in [0.15, 0.2) is 16.1 Å². The molecular weight excluding hydrogens is 849 g/mol. The monoisotopic (exact) mass is 902 g/mol. The van der Waals surface area contributed by atoms with Gasteiger partial charge in [0.25, 0.3) is 0 Å². The Bertz CT molecular complexity index is 3310. The molecule has 0 amide bonds. The molecule has 0 bridgehead atoms. The summed E-state index contributed by atoms with van der Waals surface area (Å²) in [7, 11) is -5.61. The summed E-state index contributed by atoms with van der Waals surface area (Å²) in [5, 5.41) is 16.0. The summed E-state index contributed by atoms with van der Waals surface area (Å²) >= 11 is 0. The van der Waals surface area contributed by atoms with Crippen molar-refractivity contribution in [1.29, 1.82) is 0 Å². The Kier molecular flexibility index (Phi) is 11.3. The molecule has 0 aliphatic carbocycles. The predicted molar refractivity (Wildman–Crippen MR) is 298 cm³/mol. The lowest BCUT2D eigenvalue weighted by Gasteiger charge is -2.35. The van der Waals surface area contributed by atoms with E-state index in [1.807, 2.05) is 0 Å². The molecule has 0 atom stereocenters. The van der Waals surface area contributed by atoms with E-state index in [-0.39, 0.29) is 5.41 Å². The summed E-state index contributed by atoms with van der Waals surface area (Å²) in [6.07, 6.45) is 0. The van der Waals surface area contributed by atoms with Crippen molar-refractivity contribution in [2.75, 3.05) is 0 Å². The van der Waals surface area contributed by atoms with Crippen LogP contribution in [0.5, 0.6) is 0 Å². The fourth-order valence-corrected chi connectivity index (χ4v) is 20.8. The highest BCUT2D eigenvalue weighted by Crippen LogP contribution is 2.45. The van der Waals surface area contributed by atoms with Gasteiger partial charge in [0.1, 0.15) is 0 Å². The molecule has 0 spiro atoms. The van der Waals surface area contributed by atoms with Crippen molar-refractivity contribution < 1.29 is 0 Å². The Morgan fingerprint density at radius 1 is 0.235 bits per heavy atom. The van der Waals surface area contributed by atoms with Crippen LogP contribution in [-0.2, 0) is 5.41 Å². The standard InChI is InChI=1S/C66H54Si2/c1-66(2,3)51-44-45-62-63(48-51)65(50-27-25-41-59(47-50)68(55-34-16-7-17-35-55,56-36-18-8-19-37-56)57-38-20-9-21-39-57)61-43-23-22-42-60(61)64(62)49-26-24-40-58(46-49)67(52-28-10-4-11-29-52,53-30-12-5-13-31-53)54-32-14-6-15-33-54/h4-48H,1-3H3. The van der Waals surface area contributed by atoms with Gasteiger partial charge in [-0.3, -0.25) is 0 Å². The van der Waals surface area contributed by atoms with Crippen LogP contribution in [0.15, 0.2) is 273 Å². The third-order valence-electron chi connectivity index (χ3n) is 14.3. The summed E-state index contributed by atoms with van der Waals surface area (Å²) in [6.45, 7) is 7.00. The Morgan fingerprint density at radius 3 is 0.838 bits per heavy atom. The maximum absolute atomic E-state index is 2.81. The van der Waals surface area contributed by atoms with Crippen LogP contribution in [0.4, 0.5) is 0 Å². The molecule has 2 heteroatoms. The van der Waals surface area contributed by atoms with Gasteiger partial charge in [0, 0.05) is 0 Å². The van der Waals surface area contributed by atoms with Gasteiger partial charge in [-0.15, -0.1) is 0 Å². The van der Waals surface area contributed by atoms with Gasteiger partial charge in [0.05, 0.1) is 0 Å². The second-order valence-electron chi connectivity index (χ2n) is 19.2. The van der Waals surface area contributed by atoms with Gasteiger partial charge in [-0.1, -0.05) is 288 Å². The Balaban J connectivity index is 1.21. The lowest BCUT2D eigenvalue weighted by atomic mass is 9.81. The van der Waals surface area contributed by atoms with Crippen LogP contribution in [0.3, 0.4) is 0 Å². The van der Waals surface area contributed by atoms with E-state index in [0.717, 1.165) is 0 Å². The molecule has 326 valence electrons. The maximum atomic E-state index is 2.55. The average Bonchev–Trinajstić information content (AvgIpc) is 3.40. The van der Waals surface area contributed by atoms with Crippen molar-refractivity contribution in [2.45, 2.75) is 26.2 Å². The molecule has 0 N–H and O–H groups in total. The molecule has 0 aliphatic heterocycles. The molecule has 0 saturated heterocycles. The molecule has 0 fully saturated rings. The molecule has 0 aliphatic rings. The van der Waals surface area contributed by atoms with Gasteiger partial charge in [-0.2, -0.15) is 0 Å². The first-order valence-electron chi connectivity index (χ1n) is 23.9. The third-order valence-corrected chi connectivity index (χ3v) is 23.8. The normalized spacial score (nSPS) is 12.0. The Hall–Kier alpha value is -7.63. The van der Waals surface area contributed by atoms with E-state index in [1.54, 1.807) is 0 Å². The van der Waals surface area contributed by atoms with Gasteiger partial charge in [-0.05, 0) is 102 Å². The zero-order valence-electron chi connectivity index (χ0n) is 39.0. The SMILES string of the molecule is CC(C)(C)c1ccc2c(-c3cccc([Si](c4ccccc4)(c4ccccc4)c4ccccc4)c3)c3ccccc3c(-c3cccc([Si](c4ccccc4)(c4ccccc4)c4ccccc4)c3)c2c1. The molecule has 0 unspecified atom stereocenters. The third kappa shape index (κ3) is 7.29. The van der Waals surface area contributed by atoms with E-state index in [1.165, 1.54) is 90.9 Å². The van der Waals surface area contributed by atoms with Gasteiger partial charge in [-0.25, -0.2) is 0 Å². The Labute approximate surface area is 403 Å². The number of hydrogen-bond donors (Lipinski definition) is 0. The number of hydrogen-bond acceptors (Lipinski definition) is 0. The highest BCUT2D eigenvalue weighted by Gasteiger charge is 2.43. The molecule has 11 aromatic carbocycles. The zero-order chi connectivity index (χ0) is 46.1. The van der Waals surface area contributed by atoms with Crippen molar-refractivity contribution in [1.82, 2.24) is 0 Å². The topological polar surface area (TPSA) is 0 Å². The summed E-state index contributed by atoms with van der Waals surface area (Å²) in [6, 6.07) is 103. The molecule has 11 aromatic rings. The van der Waals surface area contributed by atoms with Crippen LogP contribution in [0, 0.1) is 0 Å². The molecule has 0 nitrogen and oxygen atoms in total. The number of rotatable bonds is 10. The predicted octanol–water partition coefficient (Wildman–Crippen LogP) is 11.4. The van der Waals surface area contributed by atoms with Crippen molar-refractivity contribution in [3.63, 3.8) is 0 Å². The minimum Gasteiger partial charge on any atom is -0.0623 e. The second kappa shape index (κ2) is 17.9. The van der Waals surface area contributed by atoms with E-state index >= 15 is 0 Å². The van der Waals surface area contributed by atoms with E-state index < -0.39 is 16.1 Å². The van der Waals surface area contributed by atoms with Crippen LogP contribution in [-0.4, -0.2) is 16.1 Å². The van der Waals surface area contributed by atoms with E-state index in [4.69, 9.17) is 0 Å². The first-order valence-corrected chi connectivity index (χ1v) is 27.9. The minimum absolute atomic E-state index is 0.0543. The number of fused-ring (bicyclic) bond motifs is 2. The minimum atomic E-state index is -2.81. The second-order valence-corrected chi connectivity index (χ2v) is 26.8. The summed E-state index contributed by atoms with van der Waals surface area (Å²) in [5.74, 6) is 0. The molecule has 0 radical (unpaired) electrons. The quantitative estimate of drug-likeness (QED) is 0.0729. The lowest BCUT2D eigenvalue weighted by Crippen LogP contribution is -2.74. The molecule has 0 heterocycles. The molecule has 0 aromatic heterocycles. The van der Waals surface area contributed by atoms with Gasteiger partial charge >= 0.3 is 0 Å². The average molecular weight is 903 g/mol. The molecule has 11 rings (SSSR count). The number of benzene rings is 11. The van der Waals surface area contributed by atoms with Crippen molar-refractivity contribution in [2.24, 2.45) is 0 Å². The van der Waals surface area contributed by atoms with Crippen LogP contribution >= 0.6 is 0 Å².